The number of amides is 1. The number of nitrogens with zero attached hydrogens (tertiary/aromatic N) is 2. The van der Waals surface area contributed by atoms with E-state index in [9.17, 15) is 9.59 Å². The zero-order valence-corrected chi connectivity index (χ0v) is 10.3. The zero-order valence-electron chi connectivity index (χ0n) is 10.3. The summed E-state index contributed by atoms with van der Waals surface area (Å²) in [7, 11) is 0. The lowest BCUT2D eigenvalue weighted by Gasteiger charge is -2.03. The SMILES string of the molecule is O=C(Cc1ccc2oc(=O)[nH]c2c1)Nc1ncccn1. The highest BCUT2D eigenvalue weighted by Crippen LogP contribution is 2.13. The first-order chi connectivity index (χ1) is 9.70. The van der Waals surface area contributed by atoms with Crippen LogP contribution in [-0.2, 0) is 11.2 Å². The van der Waals surface area contributed by atoms with Crippen molar-refractivity contribution in [2.75, 3.05) is 5.32 Å². The molecule has 3 rings (SSSR count). The standard InChI is InChI=1S/C13H10N4O3/c18-11(17-12-14-4-1-5-15-12)7-8-2-3-10-9(6-8)16-13(19)20-10/h1-6H,7H2,(H,16,19)(H,14,15,17,18). The summed E-state index contributed by atoms with van der Waals surface area (Å²) in [6.07, 6.45) is 3.25. The first-order valence-corrected chi connectivity index (χ1v) is 5.89. The Morgan fingerprint density at radius 1 is 1.30 bits per heavy atom. The third-order valence-electron chi connectivity index (χ3n) is 2.67. The summed E-state index contributed by atoms with van der Waals surface area (Å²) in [6.45, 7) is 0. The summed E-state index contributed by atoms with van der Waals surface area (Å²) in [4.78, 5) is 33.2. The van der Waals surface area contributed by atoms with Gasteiger partial charge in [-0.1, -0.05) is 6.07 Å². The minimum Gasteiger partial charge on any atom is -0.408 e. The molecule has 0 saturated carbocycles. The largest absolute Gasteiger partial charge is 0.417 e. The van der Waals surface area contributed by atoms with Crippen LogP contribution in [0, 0.1) is 0 Å². The number of hydrogen-bond acceptors (Lipinski definition) is 5. The maximum absolute atomic E-state index is 11.8. The van der Waals surface area contributed by atoms with E-state index in [-0.39, 0.29) is 18.3 Å². The monoisotopic (exact) mass is 270 g/mol. The Kier molecular flexibility index (Phi) is 3.00. The summed E-state index contributed by atoms with van der Waals surface area (Å²) in [5.74, 6) is -0.490. The number of hydrogen-bond donors (Lipinski definition) is 2. The van der Waals surface area contributed by atoms with Gasteiger partial charge in [0.05, 0.1) is 11.9 Å². The second-order valence-electron chi connectivity index (χ2n) is 4.14. The Labute approximate surface area is 112 Å². The lowest BCUT2D eigenvalue weighted by molar-refractivity contribution is -0.115. The maximum Gasteiger partial charge on any atom is 0.417 e. The van der Waals surface area contributed by atoms with Crippen LogP contribution in [0.1, 0.15) is 5.56 Å². The molecule has 2 N–H and O–H groups in total. The number of fused-ring (bicyclic) bond motifs is 1. The summed E-state index contributed by atoms with van der Waals surface area (Å²) in [5.41, 5.74) is 1.78. The van der Waals surface area contributed by atoms with Gasteiger partial charge in [-0.15, -0.1) is 0 Å². The van der Waals surface area contributed by atoms with Crippen LogP contribution >= 0.6 is 0 Å². The van der Waals surface area contributed by atoms with Crippen LogP contribution < -0.4 is 11.1 Å². The van der Waals surface area contributed by atoms with Crippen molar-refractivity contribution in [2.45, 2.75) is 6.42 Å². The van der Waals surface area contributed by atoms with Gasteiger partial charge < -0.3 is 4.42 Å². The van der Waals surface area contributed by atoms with Crippen molar-refractivity contribution in [3.8, 4) is 0 Å². The van der Waals surface area contributed by atoms with Gasteiger partial charge in [-0.2, -0.15) is 0 Å². The predicted molar refractivity (Wildman–Crippen MR) is 71.2 cm³/mol. The van der Waals surface area contributed by atoms with Crippen LogP contribution in [-0.4, -0.2) is 20.9 Å². The lowest BCUT2D eigenvalue weighted by atomic mass is 10.1. The van der Waals surface area contributed by atoms with Gasteiger partial charge in [0, 0.05) is 12.4 Å². The number of rotatable bonds is 3. The minimum absolute atomic E-state index is 0.154. The van der Waals surface area contributed by atoms with Gasteiger partial charge in [0.15, 0.2) is 5.58 Å². The fourth-order valence-electron chi connectivity index (χ4n) is 1.83. The lowest BCUT2D eigenvalue weighted by Crippen LogP contribution is -2.16. The van der Waals surface area contributed by atoms with Crippen molar-refractivity contribution in [3.63, 3.8) is 0 Å². The molecule has 0 unspecified atom stereocenters. The molecule has 0 spiro atoms. The minimum atomic E-state index is -0.515. The third-order valence-corrected chi connectivity index (χ3v) is 2.67. The van der Waals surface area contributed by atoms with Crippen LogP contribution in [0.15, 0.2) is 45.9 Å². The van der Waals surface area contributed by atoms with Crippen molar-refractivity contribution in [2.24, 2.45) is 0 Å². The van der Waals surface area contributed by atoms with Gasteiger partial charge in [0.2, 0.25) is 11.9 Å². The second kappa shape index (κ2) is 4.96. The Bertz CT molecular complexity index is 807. The highest BCUT2D eigenvalue weighted by atomic mass is 16.4. The molecular formula is C13H10N4O3. The smallest absolute Gasteiger partial charge is 0.408 e. The van der Waals surface area contributed by atoms with Crippen molar-refractivity contribution in [3.05, 3.63) is 52.8 Å². The molecule has 0 fully saturated rings. The summed E-state index contributed by atoms with van der Waals surface area (Å²) in [6, 6.07) is 6.74. The van der Waals surface area contributed by atoms with Crippen LogP contribution in [0.5, 0.6) is 0 Å². The Balaban J connectivity index is 1.75. The van der Waals surface area contributed by atoms with Crippen LogP contribution in [0.3, 0.4) is 0 Å². The normalized spacial score (nSPS) is 10.6. The molecule has 0 aliphatic heterocycles. The fraction of sp³-hybridized carbons (Fsp3) is 0.0769. The van der Waals surface area contributed by atoms with E-state index in [0.717, 1.165) is 5.56 Å². The van der Waals surface area contributed by atoms with Gasteiger partial charge >= 0.3 is 5.76 Å². The summed E-state index contributed by atoms with van der Waals surface area (Å²) < 4.78 is 4.89. The van der Waals surface area contributed by atoms with Crippen LogP contribution in [0.25, 0.3) is 11.1 Å². The fourth-order valence-corrected chi connectivity index (χ4v) is 1.83. The highest BCUT2D eigenvalue weighted by molar-refractivity contribution is 5.91. The molecule has 0 aliphatic rings. The van der Waals surface area contributed by atoms with E-state index in [1.165, 1.54) is 0 Å². The molecule has 0 bridgehead atoms. The summed E-state index contributed by atoms with van der Waals surface area (Å²) in [5, 5.41) is 2.59. The van der Waals surface area contributed by atoms with Crippen molar-refractivity contribution in [1.82, 2.24) is 15.0 Å². The zero-order chi connectivity index (χ0) is 13.9. The molecule has 2 aromatic heterocycles. The highest BCUT2D eigenvalue weighted by Gasteiger charge is 2.07. The van der Waals surface area contributed by atoms with Gasteiger partial charge in [0.25, 0.3) is 0 Å². The van der Waals surface area contributed by atoms with Crippen molar-refractivity contribution < 1.29 is 9.21 Å². The summed E-state index contributed by atoms with van der Waals surface area (Å²) >= 11 is 0. The number of aromatic nitrogens is 3. The van der Waals surface area contributed by atoms with Gasteiger partial charge in [0.1, 0.15) is 0 Å². The Hall–Kier alpha value is -2.96. The van der Waals surface area contributed by atoms with Crippen molar-refractivity contribution >= 4 is 23.0 Å². The topological polar surface area (TPSA) is 101 Å². The first kappa shape index (κ1) is 12.1. The molecule has 0 saturated heterocycles. The molecule has 3 aromatic rings. The van der Waals surface area contributed by atoms with E-state index in [1.807, 2.05) is 0 Å². The molecule has 20 heavy (non-hydrogen) atoms. The number of benzene rings is 1. The quantitative estimate of drug-likeness (QED) is 0.742. The molecule has 7 heteroatoms. The van der Waals surface area contributed by atoms with E-state index < -0.39 is 5.76 Å². The third kappa shape index (κ3) is 2.56. The second-order valence-corrected chi connectivity index (χ2v) is 4.14. The van der Waals surface area contributed by atoms with Crippen LogP contribution in [0.4, 0.5) is 5.95 Å². The average Bonchev–Trinajstić information content (AvgIpc) is 2.79. The Morgan fingerprint density at radius 2 is 2.10 bits per heavy atom. The number of aromatic amines is 1. The van der Waals surface area contributed by atoms with Crippen LogP contribution in [0.2, 0.25) is 0 Å². The molecule has 100 valence electrons. The number of nitrogens with one attached hydrogen (secondary N) is 2. The predicted octanol–water partition coefficient (Wildman–Crippen LogP) is 1.09. The van der Waals surface area contributed by atoms with E-state index in [2.05, 4.69) is 20.3 Å². The molecular weight excluding hydrogens is 260 g/mol. The molecule has 1 amide bonds. The molecule has 0 radical (unpaired) electrons. The average molecular weight is 270 g/mol. The van der Waals surface area contributed by atoms with E-state index in [0.29, 0.717) is 11.1 Å². The number of carbonyl (C=O) groups excluding carboxylic acids is 1. The maximum atomic E-state index is 11.8. The molecule has 0 aliphatic carbocycles. The molecule has 0 atom stereocenters. The van der Waals surface area contributed by atoms with Gasteiger partial charge in [-0.3, -0.25) is 15.1 Å². The van der Waals surface area contributed by atoms with Crippen molar-refractivity contribution in [1.29, 1.82) is 0 Å². The number of H-pyrrole nitrogens is 1. The van der Waals surface area contributed by atoms with Gasteiger partial charge in [-0.25, -0.2) is 14.8 Å². The molecule has 1 aromatic carbocycles. The first-order valence-electron chi connectivity index (χ1n) is 5.89. The number of oxazole rings is 1. The Morgan fingerprint density at radius 3 is 2.90 bits per heavy atom. The molecule has 2 heterocycles. The number of anilines is 1. The van der Waals surface area contributed by atoms with Gasteiger partial charge in [-0.05, 0) is 23.8 Å². The molecule has 7 nitrogen and oxygen atoms in total. The van der Waals surface area contributed by atoms with E-state index in [1.54, 1.807) is 36.7 Å². The number of carbonyl (C=O) groups is 1. The van der Waals surface area contributed by atoms with E-state index >= 15 is 0 Å². The van der Waals surface area contributed by atoms with E-state index in [4.69, 9.17) is 4.42 Å².